The van der Waals surface area contributed by atoms with E-state index in [1.807, 2.05) is 0 Å². The topological polar surface area (TPSA) is 60.7 Å². The first-order chi connectivity index (χ1) is 9.06. The predicted molar refractivity (Wildman–Crippen MR) is 77.8 cm³/mol. The Morgan fingerprint density at radius 3 is 2.63 bits per heavy atom. The monoisotopic (exact) mass is 264 g/mol. The van der Waals surface area contributed by atoms with Gasteiger partial charge in [0.2, 0.25) is 0 Å². The molecule has 106 valence electrons. The third-order valence-electron chi connectivity index (χ3n) is 3.75. The lowest BCUT2D eigenvalue weighted by molar-refractivity contribution is 0.120. The Labute approximate surface area is 117 Å². The average Bonchev–Trinajstić information content (AvgIpc) is 2.61. The number of aliphatic hydroxyl groups is 3. The summed E-state index contributed by atoms with van der Waals surface area (Å²) in [6, 6.07) is -1.01. The van der Waals surface area contributed by atoms with Gasteiger partial charge in [-0.2, -0.15) is 0 Å². The van der Waals surface area contributed by atoms with E-state index >= 15 is 0 Å². The largest absolute Gasteiger partial charge is 0.399 e. The van der Waals surface area contributed by atoms with Crippen molar-refractivity contribution in [3.8, 4) is 0 Å². The van der Waals surface area contributed by atoms with Gasteiger partial charge in [-0.25, -0.2) is 0 Å². The molecule has 1 saturated carbocycles. The van der Waals surface area contributed by atoms with Gasteiger partial charge in [-0.15, -0.1) is 0 Å². The smallest absolute Gasteiger partial charge is 0.114 e. The van der Waals surface area contributed by atoms with Crippen LogP contribution in [0.3, 0.4) is 0 Å². The van der Waals surface area contributed by atoms with E-state index < -0.39 is 18.2 Å². The van der Waals surface area contributed by atoms with Crippen LogP contribution < -0.4 is 0 Å². The fourth-order valence-corrected chi connectivity index (χ4v) is 2.64. The summed E-state index contributed by atoms with van der Waals surface area (Å²) in [5, 5.41) is 29.0. The van der Waals surface area contributed by atoms with E-state index in [0.29, 0.717) is 6.42 Å². The van der Waals surface area contributed by atoms with Crippen LogP contribution in [0.1, 0.15) is 39.0 Å². The summed E-state index contributed by atoms with van der Waals surface area (Å²) in [4.78, 5) is 0. The molecule has 4 heteroatoms. The van der Waals surface area contributed by atoms with Crippen molar-refractivity contribution in [3.63, 3.8) is 0 Å². The van der Waals surface area contributed by atoms with Gasteiger partial charge in [0.25, 0.3) is 0 Å². The molecule has 0 aliphatic heterocycles. The minimum atomic E-state index is -1.01. The molecule has 0 bridgehead atoms. The third-order valence-corrected chi connectivity index (χ3v) is 3.75. The van der Waals surface area contributed by atoms with E-state index in [1.54, 1.807) is 6.08 Å². The highest BCUT2D eigenvalue weighted by atomic mass is 16.3. The molecule has 1 rings (SSSR count). The summed E-state index contributed by atoms with van der Waals surface area (Å²) in [5.74, 6) is -0.132. The van der Waals surface area contributed by atoms with Crippen LogP contribution in [0.15, 0.2) is 24.3 Å². The van der Waals surface area contributed by atoms with Gasteiger partial charge < -0.3 is 15.3 Å². The van der Waals surface area contributed by atoms with Crippen LogP contribution in [-0.2, 0) is 0 Å². The Morgan fingerprint density at radius 1 is 1.26 bits per heavy atom. The molecule has 0 aromatic carbocycles. The van der Waals surface area contributed by atoms with Gasteiger partial charge in [-0.1, -0.05) is 44.1 Å². The summed E-state index contributed by atoms with van der Waals surface area (Å²) < 4.78 is 0. The van der Waals surface area contributed by atoms with Crippen LogP contribution in [-0.4, -0.2) is 41.4 Å². The SMILES string of the molecule is [B][C@@H](O)/C=C/[C@@H]1[C@@H](C/C=C\CCCC)[C@@H](O)C[C@H]1O. The second-order valence-electron chi connectivity index (χ2n) is 5.34. The highest BCUT2D eigenvalue weighted by molar-refractivity contribution is 6.12. The van der Waals surface area contributed by atoms with Crippen molar-refractivity contribution in [3.05, 3.63) is 24.3 Å². The Kier molecular flexibility index (Phi) is 7.43. The van der Waals surface area contributed by atoms with Crippen molar-refractivity contribution < 1.29 is 15.3 Å². The first-order valence-corrected chi connectivity index (χ1v) is 7.19. The molecule has 0 heterocycles. The summed E-state index contributed by atoms with van der Waals surface area (Å²) in [6.07, 6.45) is 10.9. The summed E-state index contributed by atoms with van der Waals surface area (Å²) in [7, 11) is 5.26. The van der Waals surface area contributed by atoms with Crippen LogP contribution in [0.25, 0.3) is 0 Å². The van der Waals surface area contributed by atoms with Gasteiger partial charge in [0.15, 0.2) is 0 Å². The summed E-state index contributed by atoms with van der Waals surface area (Å²) >= 11 is 0. The number of allylic oxidation sites excluding steroid dienone is 2. The second kappa shape index (κ2) is 8.57. The Hall–Kier alpha value is -0.575. The molecular weight excluding hydrogens is 239 g/mol. The molecule has 0 amide bonds. The molecule has 1 fully saturated rings. The molecule has 0 aromatic heterocycles. The molecule has 0 unspecified atom stereocenters. The van der Waals surface area contributed by atoms with Crippen molar-refractivity contribution in [2.75, 3.05) is 0 Å². The summed E-state index contributed by atoms with van der Waals surface area (Å²) in [6.45, 7) is 2.16. The minimum absolute atomic E-state index is 0.00266. The number of aliphatic hydroxyl groups excluding tert-OH is 3. The van der Waals surface area contributed by atoms with Gasteiger partial charge in [-0.05, 0) is 18.8 Å². The average molecular weight is 264 g/mol. The quantitative estimate of drug-likeness (QED) is 0.371. The van der Waals surface area contributed by atoms with Crippen molar-refractivity contribution >= 4 is 7.85 Å². The maximum atomic E-state index is 9.98. The fourth-order valence-electron chi connectivity index (χ4n) is 2.64. The molecule has 19 heavy (non-hydrogen) atoms. The van der Waals surface area contributed by atoms with Gasteiger partial charge in [0, 0.05) is 18.3 Å². The van der Waals surface area contributed by atoms with Gasteiger partial charge in [0.05, 0.1) is 12.2 Å². The molecule has 0 spiro atoms. The zero-order valence-electron chi connectivity index (χ0n) is 11.7. The Bertz CT molecular complexity index is 302. The van der Waals surface area contributed by atoms with E-state index in [4.69, 9.17) is 13.0 Å². The van der Waals surface area contributed by atoms with Gasteiger partial charge in [-0.3, -0.25) is 0 Å². The fraction of sp³-hybridized carbons (Fsp3) is 0.733. The second-order valence-corrected chi connectivity index (χ2v) is 5.34. The van der Waals surface area contributed by atoms with E-state index in [1.165, 1.54) is 18.9 Å². The van der Waals surface area contributed by atoms with Crippen LogP contribution >= 0.6 is 0 Å². The standard InChI is InChI=1S/C15H25BO3/c1-2-3-4-5-6-7-11-12(8-9-15(16)19)14(18)10-13(11)17/h5-6,8-9,11-15,17-19H,2-4,7,10H2,1H3/b6-5-,9-8+/t11-,12-,13+,14-,15+/m1/s1. The molecule has 2 radical (unpaired) electrons. The number of hydrogen-bond acceptors (Lipinski definition) is 3. The predicted octanol–water partition coefficient (Wildman–Crippen LogP) is 1.52. The van der Waals surface area contributed by atoms with Crippen LogP contribution in [0.4, 0.5) is 0 Å². The van der Waals surface area contributed by atoms with E-state index in [0.717, 1.165) is 12.8 Å². The van der Waals surface area contributed by atoms with E-state index in [2.05, 4.69) is 19.1 Å². The molecule has 0 saturated heterocycles. The number of hydrogen-bond donors (Lipinski definition) is 3. The van der Waals surface area contributed by atoms with Crippen molar-refractivity contribution in [1.82, 2.24) is 0 Å². The van der Waals surface area contributed by atoms with Gasteiger partial charge in [0.1, 0.15) is 7.85 Å². The first kappa shape index (κ1) is 16.5. The van der Waals surface area contributed by atoms with Gasteiger partial charge >= 0.3 is 0 Å². The Balaban J connectivity index is 2.54. The maximum absolute atomic E-state index is 9.98. The molecule has 0 aromatic rings. The van der Waals surface area contributed by atoms with Crippen LogP contribution in [0.5, 0.6) is 0 Å². The first-order valence-electron chi connectivity index (χ1n) is 7.19. The summed E-state index contributed by atoms with van der Waals surface area (Å²) in [5.41, 5.74) is 0. The van der Waals surface area contributed by atoms with E-state index in [-0.39, 0.29) is 11.8 Å². The molecule has 1 aliphatic carbocycles. The number of rotatable bonds is 7. The molecule has 5 atom stereocenters. The zero-order chi connectivity index (χ0) is 14.3. The lowest BCUT2D eigenvalue weighted by Gasteiger charge is -2.19. The maximum Gasteiger partial charge on any atom is 0.114 e. The molecule has 1 aliphatic rings. The van der Waals surface area contributed by atoms with Crippen molar-refractivity contribution in [2.24, 2.45) is 11.8 Å². The zero-order valence-corrected chi connectivity index (χ0v) is 11.7. The van der Waals surface area contributed by atoms with Crippen LogP contribution in [0.2, 0.25) is 0 Å². The normalized spacial score (nSPS) is 33.5. The van der Waals surface area contributed by atoms with E-state index in [9.17, 15) is 10.2 Å². The molecular formula is C15H25BO3. The van der Waals surface area contributed by atoms with Crippen molar-refractivity contribution in [1.29, 1.82) is 0 Å². The molecule has 3 N–H and O–H groups in total. The lowest BCUT2D eigenvalue weighted by Crippen LogP contribution is -2.20. The van der Waals surface area contributed by atoms with Crippen molar-refractivity contribution in [2.45, 2.75) is 57.2 Å². The minimum Gasteiger partial charge on any atom is -0.399 e. The Morgan fingerprint density at radius 2 is 2.00 bits per heavy atom. The highest BCUT2D eigenvalue weighted by Crippen LogP contribution is 2.36. The molecule has 3 nitrogen and oxygen atoms in total. The van der Waals surface area contributed by atoms with Crippen LogP contribution in [0, 0.1) is 11.8 Å². The highest BCUT2D eigenvalue weighted by Gasteiger charge is 2.39. The number of unbranched alkanes of at least 4 members (excludes halogenated alkanes) is 2. The third kappa shape index (κ3) is 5.51. The lowest BCUT2D eigenvalue weighted by atomic mass is 9.88.